The van der Waals surface area contributed by atoms with Gasteiger partial charge in [0.15, 0.2) is 0 Å². The number of hydrogen-bond acceptors (Lipinski definition) is 0. The highest BCUT2D eigenvalue weighted by Crippen LogP contribution is 2.50. The number of rotatable bonds is 2. The number of hydrogen-bond donors (Lipinski definition) is 1. The number of nitrogens with one attached hydrogen (secondary N) is 1. The Labute approximate surface area is 117 Å². The molecule has 1 aliphatic carbocycles. The van der Waals surface area contributed by atoms with E-state index in [4.69, 9.17) is 11.6 Å². The molecule has 96 valence electrons. The van der Waals surface area contributed by atoms with Gasteiger partial charge in [0.2, 0.25) is 0 Å². The summed E-state index contributed by atoms with van der Waals surface area (Å²) < 4.78 is 0. The zero-order valence-electron chi connectivity index (χ0n) is 10.9. The van der Waals surface area contributed by atoms with Crippen molar-refractivity contribution in [1.29, 1.82) is 0 Å². The smallest absolute Gasteiger partial charge is 0.0616 e. The van der Waals surface area contributed by atoms with Crippen LogP contribution < -0.4 is 0 Å². The van der Waals surface area contributed by atoms with Gasteiger partial charge in [0.25, 0.3) is 0 Å². The van der Waals surface area contributed by atoms with Gasteiger partial charge in [-0.25, -0.2) is 0 Å². The lowest BCUT2D eigenvalue weighted by Gasteiger charge is -2.09. The van der Waals surface area contributed by atoms with Crippen molar-refractivity contribution in [3.05, 3.63) is 48.0 Å². The molecule has 1 N–H and O–H groups in total. The summed E-state index contributed by atoms with van der Waals surface area (Å²) in [6, 6.07) is 15.0. The first-order chi connectivity index (χ1) is 9.24. The van der Waals surface area contributed by atoms with E-state index >= 15 is 0 Å². The number of aromatic nitrogens is 1. The Hall–Kier alpha value is -1.47. The van der Waals surface area contributed by atoms with E-state index < -0.39 is 0 Å². The number of fused-ring (bicyclic) bond motifs is 3. The van der Waals surface area contributed by atoms with Gasteiger partial charge in [-0.15, -0.1) is 11.6 Å². The summed E-state index contributed by atoms with van der Waals surface area (Å²) >= 11 is 6.61. The molecule has 1 nitrogen and oxygen atoms in total. The van der Waals surface area contributed by atoms with E-state index in [1.165, 1.54) is 33.8 Å². The van der Waals surface area contributed by atoms with Gasteiger partial charge >= 0.3 is 0 Å². The van der Waals surface area contributed by atoms with Gasteiger partial charge in [-0.3, -0.25) is 0 Å². The van der Waals surface area contributed by atoms with Gasteiger partial charge in [0.05, 0.1) is 5.38 Å². The Morgan fingerprint density at radius 2 is 1.84 bits per heavy atom. The summed E-state index contributed by atoms with van der Waals surface area (Å²) in [6.45, 7) is 2.28. The Bertz CT molecular complexity index is 758. The van der Waals surface area contributed by atoms with Crippen LogP contribution in [0.5, 0.6) is 0 Å². The number of H-pyrrole nitrogens is 1. The third-order valence-corrected chi connectivity index (χ3v) is 4.97. The van der Waals surface area contributed by atoms with Crippen molar-refractivity contribution >= 4 is 33.4 Å². The quantitative estimate of drug-likeness (QED) is 0.611. The zero-order valence-corrected chi connectivity index (χ0v) is 11.6. The topological polar surface area (TPSA) is 15.8 Å². The van der Waals surface area contributed by atoms with Crippen LogP contribution in [-0.4, -0.2) is 4.98 Å². The van der Waals surface area contributed by atoms with Gasteiger partial charge < -0.3 is 4.98 Å². The van der Waals surface area contributed by atoms with Crippen molar-refractivity contribution in [1.82, 2.24) is 4.98 Å². The highest BCUT2D eigenvalue weighted by Gasteiger charge is 2.39. The second-order valence-electron chi connectivity index (χ2n) is 5.75. The Morgan fingerprint density at radius 3 is 2.63 bits per heavy atom. The average Bonchev–Trinajstić information content (AvgIpc) is 3.05. The molecule has 3 aromatic rings. The maximum atomic E-state index is 6.61. The molecule has 1 aliphatic rings. The predicted molar refractivity (Wildman–Crippen MR) is 81.7 cm³/mol. The molecule has 1 heterocycles. The average molecular weight is 270 g/mol. The number of benzene rings is 2. The number of alkyl halides is 1. The summed E-state index contributed by atoms with van der Waals surface area (Å²) in [5, 5.41) is 2.73. The molecular formula is C17H16ClN. The molecule has 3 atom stereocenters. The van der Waals surface area contributed by atoms with Gasteiger partial charge in [0, 0.05) is 21.8 Å². The van der Waals surface area contributed by atoms with E-state index in [2.05, 4.69) is 54.4 Å². The normalized spacial score (nSPS) is 23.9. The molecule has 0 bridgehead atoms. The fourth-order valence-electron chi connectivity index (χ4n) is 3.04. The van der Waals surface area contributed by atoms with E-state index in [1.54, 1.807) is 0 Å². The lowest BCUT2D eigenvalue weighted by Crippen LogP contribution is -1.93. The minimum Gasteiger partial charge on any atom is -0.355 e. The molecule has 2 aromatic carbocycles. The number of halogens is 1. The molecule has 2 heteroatoms. The Kier molecular flexibility index (Phi) is 2.40. The van der Waals surface area contributed by atoms with Crippen molar-refractivity contribution in [2.45, 2.75) is 18.7 Å². The minimum atomic E-state index is 0.160. The Morgan fingerprint density at radius 1 is 1.11 bits per heavy atom. The molecule has 0 spiro atoms. The molecule has 0 aliphatic heterocycles. The van der Waals surface area contributed by atoms with E-state index in [0.717, 1.165) is 5.92 Å². The monoisotopic (exact) mass is 269 g/mol. The highest BCUT2D eigenvalue weighted by atomic mass is 35.5. The second kappa shape index (κ2) is 4.01. The van der Waals surface area contributed by atoms with Gasteiger partial charge in [-0.1, -0.05) is 31.2 Å². The third-order valence-electron chi connectivity index (χ3n) is 4.40. The fourth-order valence-corrected chi connectivity index (χ4v) is 3.53. The van der Waals surface area contributed by atoms with Crippen LogP contribution in [0.4, 0.5) is 0 Å². The van der Waals surface area contributed by atoms with Gasteiger partial charge in [-0.2, -0.15) is 0 Å². The van der Waals surface area contributed by atoms with Gasteiger partial charge in [-0.05, 0) is 42.0 Å². The lowest BCUT2D eigenvalue weighted by molar-refractivity contribution is 0.723. The maximum Gasteiger partial charge on any atom is 0.0616 e. The lowest BCUT2D eigenvalue weighted by atomic mass is 10.0. The van der Waals surface area contributed by atoms with Crippen LogP contribution in [0.2, 0.25) is 0 Å². The molecule has 0 radical (unpaired) electrons. The standard InChI is InChI=1S/C17H16ClN/c1-10-8-13(10)17(18)11-6-7-16-14(9-11)12-4-2-3-5-15(12)19-16/h2-7,9-10,13,17,19H,8H2,1H3. The fraction of sp³-hybridized carbons (Fsp3) is 0.294. The largest absolute Gasteiger partial charge is 0.355 e. The molecule has 0 saturated heterocycles. The van der Waals surface area contributed by atoms with Crippen molar-refractivity contribution in [3.8, 4) is 0 Å². The van der Waals surface area contributed by atoms with Crippen LogP contribution in [0.25, 0.3) is 21.8 Å². The molecule has 1 aromatic heterocycles. The minimum absolute atomic E-state index is 0.160. The molecule has 0 amide bonds. The van der Waals surface area contributed by atoms with Crippen LogP contribution in [0.15, 0.2) is 42.5 Å². The maximum absolute atomic E-state index is 6.61. The summed E-state index contributed by atoms with van der Waals surface area (Å²) in [6.07, 6.45) is 1.26. The number of para-hydroxylation sites is 1. The Balaban J connectivity index is 1.87. The van der Waals surface area contributed by atoms with E-state index in [9.17, 15) is 0 Å². The summed E-state index contributed by atoms with van der Waals surface area (Å²) in [5.74, 6) is 1.44. The first-order valence-electron chi connectivity index (χ1n) is 6.88. The first-order valence-corrected chi connectivity index (χ1v) is 7.32. The third kappa shape index (κ3) is 1.76. The molecule has 4 rings (SSSR count). The number of aromatic amines is 1. The molecule has 1 fully saturated rings. The summed E-state index contributed by atoms with van der Waals surface area (Å²) in [7, 11) is 0. The highest BCUT2D eigenvalue weighted by molar-refractivity contribution is 6.21. The van der Waals surface area contributed by atoms with E-state index in [1.807, 2.05) is 0 Å². The second-order valence-corrected chi connectivity index (χ2v) is 6.22. The van der Waals surface area contributed by atoms with E-state index in [-0.39, 0.29) is 5.38 Å². The van der Waals surface area contributed by atoms with Crippen molar-refractivity contribution in [3.63, 3.8) is 0 Å². The van der Waals surface area contributed by atoms with Crippen LogP contribution in [0, 0.1) is 11.8 Å². The van der Waals surface area contributed by atoms with Crippen LogP contribution in [0.3, 0.4) is 0 Å². The SMILES string of the molecule is CC1CC1C(Cl)c1ccc2[nH]c3ccccc3c2c1. The van der Waals surface area contributed by atoms with Crippen LogP contribution in [-0.2, 0) is 0 Å². The van der Waals surface area contributed by atoms with Crippen molar-refractivity contribution in [2.24, 2.45) is 11.8 Å². The summed E-state index contributed by atoms with van der Waals surface area (Å²) in [4.78, 5) is 3.45. The van der Waals surface area contributed by atoms with Crippen molar-refractivity contribution < 1.29 is 0 Å². The van der Waals surface area contributed by atoms with Crippen molar-refractivity contribution in [2.75, 3.05) is 0 Å². The van der Waals surface area contributed by atoms with E-state index in [0.29, 0.717) is 5.92 Å². The molecule has 19 heavy (non-hydrogen) atoms. The van der Waals surface area contributed by atoms with Gasteiger partial charge in [0.1, 0.15) is 0 Å². The van der Waals surface area contributed by atoms with Crippen LogP contribution >= 0.6 is 11.6 Å². The zero-order chi connectivity index (χ0) is 13.0. The van der Waals surface area contributed by atoms with Crippen LogP contribution in [0.1, 0.15) is 24.3 Å². The molecule has 3 unspecified atom stereocenters. The first kappa shape index (κ1) is 11.4. The molecular weight excluding hydrogens is 254 g/mol. The summed E-state index contributed by atoms with van der Waals surface area (Å²) in [5.41, 5.74) is 3.64. The molecule has 1 saturated carbocycles. The predicted octanol–water partition coefficient (Wildman–Crippen LogP) is 5.26.